The quantitative estimate of drug-likeness (QED) is 0.353. The molecule has 0 spiro atoms. The standard InChI is InChI=1S/C14H12N4O3/c1-15-13-8-5-11(9-14(13)21-2)17-16-10-3-6-12(7-4-10)18(19)20/h3-9H,1H2,2H3. The van der Waals surface area contributed by atoms with E-state index in [0.717, 1.165) is 0 Å². The molecule has 0 N–H and O–H groups in total. The van der Waals surface area contributed by atoms with E-state index in [4.69, 9.17) is 4.74 Å². The van der Waals surface area contributed by atoms with Crippen molar-refractivity contribution in [1.29, 1.82) is 0 Å². The lowest BCUT2D eigenvalue weighted by Gasteiger charge is -2.03. The lowest BCUT2D eigenvalue weighted by molar-refractivity contribution is -0.384. The van der Waals surface area contributed by atoms with Gasteiger partial charge in [-0.05, 0) is 31.0 Å². The predicted octanol–water partition coefficient (Wildman–Crippen LogP) is 4.35. The molecule has 2 aromatic carbocycles. The highest BCUT2D eigenvalue weighted by molar-refractivity contribution is 5.61. The summed E-state index contributed by atoms with van der Waals surface area (Å²) in [6.07, 6.45) is 0. The first-order valence-electron chi connectivity index (χ1n) is 5.95. The summed E-state index contributed by atoms with van der Waals surface area (Å²) in [4.78, 5) is 13.9. The van der Waals surface area contributed by atoms with E-state index in [9.17, 15) is 10.1 Å². The van der Waals surface area contributed by atoms with Gasteiger partial charge in [0.25, 0.3) is 5.69 Å². The Balaban J connectivity index is 2.20. The largest absolute Gasteiger partial charge is 0.494 e. The number of methoxy groups -OCH3 is 1. The van der Waals surface area contributed by atoms with Crippen molar-refractivity contribution in [3.8, 4) is 5.75 Å². The zero-order valence-corrected chi connectivity index (χ0v) is 11.3. The molecule has 2 rings (SSSR count). The lowest BCUT2D eigenvalue weighted by atomic mass is 10.2. The number of azo groups is 1. The molecule has 0 fully saturated rings. The number of aliphatic imine (C=N–C) groups is 1. The molecule has 0 aliphatic carbocycles. The molecule has 0 heterocycles. The first kappa shape index (κ1) is 14.3. The second-order valence-electron chi connectivity index (χ2n) is 3.99. The van der Waals surface area contributed by atoms with Gasteiger partial charge in [0.1, 0.15) is 11.4 Å². The van der Waals surface area contributed by atoms with Crippen LogP contribution in [0.15, 0.2) is 57.7 Å². The monoisotopic (exact) mass is 284 g/mol. The highest BCUT2D eigenvalue weighted by Crippen LogP contribution is 2.32. The van der Waals surface area contributed by atoms with Crippen LogP contribution in [-0.2, 0) is 0 Å². The maximum atomic E-state index is 10.5. The van der Waals surface area contributed by atoms with Crippen molar-refractivity contribution < 1.29 is 9.66 Å². The maximum absolute atomic E-state index is 10.5. The lowest BCUT2D eigenvalue weighted by Crippen LogP contribution is -1.85. The molecule has 0 aromatic heterocycles. The number of hydrogen-bond donors (Lipinski definition) is 0. The number of hydrogen-bond acceptors (Lipinski definition) is 6. The SMILES string of the molecule is C=Nc1ccc(N=Nc2ccc([N+](=O)[O-])cc2)cc1OC. The smallest absolute Gasteiger partial charge is 0.269 e. The number of nitrogens with zero attached hydrogens (tertiary/aromatic N) is 4. The third-order valence-electron chi connectivity index (χ3n) is 2.68. The van der Waals surface area contributed by atoms with Crippen LogP contribution in [0.1, 0.15) is 0 Å². The van der Waals surface area contributed by atoms with Crippen LogP contribution in [0, 0.1) is 10.1 Å². The van der Waals surface area contributed by atoms with Gasteiger partial charge in [-0.25, -0.2) is 0 Å². The van der Waals surface area contributed by atoms with Crippen LogP contribution in [0.4, 0.5) is 22.7 Å². The molecule has 0 saturated carbocycles. The van der Waals surface area contributed by atoms with Crippen molar-refractivity contribution in [3.63, 3.8) is 0 Å². The molecule has 0 radical (unpaired) electrons. The van der Waals surface area contributed by atoms with Gasteiger partial charge in [-0.1, -0.05) is 0 Å². The number of ether oxygens (including phenoxy) is 1. The summed E-state index contributed by atoms with van der Waals surface area (Å²) in [5.41, 5.74) is 1.73. The Hall–Kier alpha value is -3.09. The summed E-state index contributed by atoms with van der Waals surface area (Å²) in [5.74, 6) is 0.546. The summed E-state index contributed by atoms with van der Waals surface area (Å²) in [6, 6.07) is 10.9. The first-order valence-corrected chi connectivity index (χ1v) is 5.95. The van der Waals surface area contributed by atoms with Crippen LogP contribution >= 0.6 is 0 Å². The molecule has 0 amide bonds. The van der Waals surface area contributed by atoms with E-state index < -0.39 is 4.92 Å². The molecule has 0 bridgehead atoms. The van der Waals surface area contributed by atoms with Gasteiger partial charge in [0.15, 0.2) is 0 Å². The van der Waals surface area contributed by atoms with Gasteiger partial charge in [0.2, 0.25) is 0 Å². The van der Waals surface area contributed by atoms with Gasteiger partial charge < -0.3 is 4.74 Å². The molecule has 0 unspecified atom stereocenters. The maximum Gasteiger partial charge on any atom is 0.269 e. The summed E-state index contributed by atoms with van der Waals surface area (Å²) in [7, 11) is 1.53. The van der Waals surface area contributed by atoms with E-state index in [1.165, 1.54) is 31.4 Å². The highest BCUT2D eigenvalue weighted by atomic mass is 16.6. The number of rotatable bonds is 5. The van der Waals surface area contributed by atoms with E-state index in [-0.39, 0.29) is 5.69 Å². The summed E-state index contributed by atoms with van der Waals surface area (Å²) in [5, 5.41) is 18.6. The number of benzene rings is 2. The molecule has 0 aliphatic heterocycles. The molecule has 2 aromatic rings. The van der Waals surface area contributed by atoms with Crippen LogP contribution < -0.4 is 4.74 Å². The second-order valence-corrected chi connectivity index (χ2v) is 3.99. The fourth-order valence-corrected chi connectivity index (χ4v) is 1.62. The van der Waals surface area contributed by atoms with Crippen molar-refractivity contribution in [1.82, 2.24) is 0 Å². The van der Waals surface area contributed by atoms with E-state index in [0.29, 0.717) is 22.8 Å². The Morgan fingerprint density at radius 2 is 1.71 bits per heavy atom. The van der Waals surface area contributed by atoms with E-state index in [1.807, 2.05) is 0 Å². The third kappa shape index (κ3) is 3.47. The Morgan fingerprint density at radius 1 is 1.10 bits per heavy atom. The summed E-state index contributed by atoms with van der Waals surface area (Å²) >= 11 is 0. The molecule has 0 atom stereocenters. The van der Waals surface area contributed by atoms with Gasteiger partial charge in [-0.15, -0.1) is 0 Å². The van der Waals surface area contributed by atoms with E-state index >= 15 is 0 Å². The average molecular weight is 284 g/mol. The van der Waals surface area contributed by atoms with Gasteiger partial charge in [0.05, 0.1) is 23.4 Å². The van der Waals surface area contributed by atoms with E-state index in [2.05, 4.69) is 21.9 Å². The van der Waals surface area contributed by atoms with E-state index in [1.54, 1.807) is 18.2 Å². The fourth-order valence-electron chi connectivity index (χ4n) is 1.62. The van der Waals surface area contributed by atoms with Crippen molar-refractivity contribution in [3.05, 3.63) is 52.6 Å². The predicted molar refractivity (Wildman–Crippen MR) is 79.5 cm³/mol. The van der Waals surface area contributed by atoms with Gasteiger partial charge in [-0.2, -0.15) is 10.2 Å². The first-order chi connectivity index (χ1) is 10.1. The van der Waals surface area contributed by atoms with Crippen molar-refractivity contribution in [2.24, 2.45) is 15.2 Å². The number of non-ortho nitro benzene ring substituents is 1. The summed E-state index contributed by atoms with van der Waals surface area (Å²) < 4.78 is 5.16. The number of nitro benzene ring substituents is 1. The van der Waals surface area contributed by atoms with Crippen LogP contribution in [0.5, 0.6) is 5.75 Å². The molecular weight excluding hydrogens is 272 g/mol. The normalized spacial score (nSPS) is 10.5. The zero-order chi connectivity index (χ0) is 15.2. The fraction of sp³-hybridized carbons (Fsp3) is 0.0714. The molecule has 21 heavy (non-hydrogen) atoms. The topological polar surface area (TPSA) is 89.5 Å². The van der Waals surface area contributed by atoms with Crippen molar-refractivity contribution in [2.75, 3.05) is 7.11 Å². The molecule has 7 nitrogen and oxygen atoms in total. The van der Waals surface area contributed by atoms with Gasteiger partial charge in [0, 0.05) is 18.2 Å². The minimum absolute atomic E-state index is 0.0111. The Bertz CT molecular complexity index is 696. The average Bonchev–Trinajstić information content (AvgIpc) is 2.52. The summed E-state index contributed by atoms with van der Waals surface area (Å²) in [6.45, 7) is 3.45. The van der Waals surface area contributed by atoms with Crippen molar-refractivity contribution >= 4 is 29.5 Å². The molecule has 0 aliphatic rings. The minimum Gasteiger partial charge on any atom is -0.494 e. The van der Waals surface area contributed by atoms with Crippen LogP contribution in [0.25, 0.3) is 0 Å². The minimum atomic E-state index is -0.465. The van der Waals surface area contributed by atoms with Crippen LogP contribution in [0.2, 0.25) is 0 Å². The van der Waals surface area contributed by atoms with Crippen LogP contribution in [-0.4, -0.2) is 18.8 Å². The molecule has 0 saturated heterocycles. The van der Waals surface area contributed by atoms with Gasteiger partial charge >= 0.3 is 0 Å². The highest BCUT2D eigenvalue weighted by Gasteiger charge is 2.04. The van der Waals surface area contributed by atoms with Gasteiger partial charge in [-0.3, -0.25) is 15.1 Å². The second kappa shape index (κ2) is 6.38. The Kier molecular flexibility index (Phi) is 4.35. The molecule has 7 heteroatoms. The molecule has 106 valence electrons. The zero-order valence-electron chi connectivity index (χ0n) is 11.3. The Labute approximate surface area is 120 Å². The van der Waals surface area contributed by atoms with Crippen molar-refractivity contribution in [2.45, 2.75) is 0 Å². The third-order valence-corrected chi connectivity index (χ3v) is 2.68. The Morgan fingerprint density at radius 3 is 2.29 bits per heavy atom. The van der Waals surface area contributed by atoms with Crippen LogP contribution in [0.3, 0.4) is 0 Å². The number of nitro groups is 1. The molecular formula is C14H12N4O3.